The molecule has 4 aromatic rings. The second-order valence-electron chi connectivity index (χ2n) is 5.09. The van der Waals surface area contributed by atoms with E-state index in [0.717, 1.165) is 10.8 Å². The van der Waals surface area contributed by atoms with Crippen molar-refractivity contribution in [2.45, 2.75) is 6.92 Å². The lowest BCUT2D eigenvalue weighted by Gasteiger charge is -2.05. The molecule has 0 bridgehead atoms. The van der Waals surface area contributed by atoms with Gasteiger partial charge in [-0.25, -0.2) is 0 Å². The predicted octanol–water partition coefficient (Wildman–Crippen LogP) is 4.41. The highest BCUT2D eigenvalue weighted by Gasteiger charge is 2.10. The lowest BCUT2D eigenvalue weighted by atomic mass is 10.0. The summed E-state index contributed by atoms with van der Waals surface area (Å²) in [6, 6.07) is 17.4. The molecule has 3 aromatic carbocycles. The van der Waals surface area contributed by atoms with Crippen LogP contribution in [0.2, 0.25) is 0 Å². The summed E-state index contributed by atoms with van der Waals surface area (Å²) in [4.78, 5) is 12.7. The smallest absolute Gasteiger partial charge is 0.201 e. The van der Waals surface area contributed by atoms with Gasteiger partial charge in [-0.3, -0.25) is 4.79 Å². The molecule has 96 valence electrons. The average Bonchev–Trinajstić information content (AvgIpc) is 2.47. The molecule has 0 radical (unpaired) electrons. The molecule has 0 saturated carbocycles. The highest BCUT2D eigenvalue weighted by Crippen LogP contribution is 2.26. The largest absolute Gasteiger partial charge is 0.456 e. The van der Waals surface area contributed by atoms with Crippen molar-refractivity contribution in [2.75, 3.05) is 0 Å². The van der Waals surface area contributed by atoms with E-state index < -0.39 is 0 Å². The molecule has 0 N–H and O–H groups in total. The van der Waals surface area contributed by atoms with Gasteiger partial charge in [-0.2, -0.15) is 0 Å². The first-order chi connectivity index (χ1) is 9.74. The van der Waals surface area contributed by atoms with Crippen molar-refractivity contribution >= 4 is 32.7 Å². The van der Waals surface area contributed by atoms with Crippen LogP contribution in [0.1, 0.15) is 5.56 Å². The van der Waals surface area contributed by atoms with Gasteiger partial charge < -0.3 is 4.42 Å². The van der Waals surface area contributed by atoms with Gasteiger partial charge in [0.1, 0.15) is 11.2 Å². The molecule has 0 aliphatic carbocycles. The number of aryl methyl sites for hydroxylation is 1. The van der Waals surface area contributed by atoms with Gasteiger partial charge in [0.2, 0.25) is 5.43 Å². The Morgan fingerprint density at radius 3 is 2.60 bits per heavy atom. The van der Waals surface area contributed by atoms with Crippen LogP contribution in [0.15, 0.2) is 63.8 Å². The number of benzene rings is 3. The summed E-state index contributed by atoms with van der Waals surface area (Å²) < 4.78 is 5.87. The SMILES string of the molecule is Cc1ccc2c(ccc3oc4ccccc4c(=O)c32)c1. The average molecular weight is 260 g/mol. The van der Waals surface area contributed by atoms with E-state index in [1.165, 1.54) is 5.56 Å². The van der Waals surface area contributed by atoms with Gasteiger partial charge in [0.25, 0.3) is 0 Å². The molecular formula is C18H12O2. The molecule has 0 aliphatic rings. The Bertz CT molecular complexity index is 1030. The summed E-state index contributed by atoms with van der Waals surface area (Å²) in [7, 11) is 0. The predicted molar refractivity (Wildman–Crippen MR) is 82.2 cm³/mol. The van der Waals surface area contributed by atoms with E-state index in [0.29, 0.717) is 21.9 Å². The van der Waals surface area contributed by atoms with E-state index >= 15 is 0 Å². The summed E-state index contributed by atoms with van der Waals surface area (Å²) in [5.41, 5.74) is 2.50. The number of hydrogen-bond donors (Lipinski definition) is 0. The Morgan fingerprint density at radius 2 is 1.70 bits per heavy atom. The minimum atomic E-state index is 0.0382. The summed E-state index contributed by atoms with van der Waals surface area (Å²) in [6.45, 7) is 2.05. The summed E-state index contributed by atoms with van der Waals surface area (Å²) in [5, 5.41) is 3.32. The Morgan fingerprint density at radius 1 is 0.850 bits per heavy atom. The first kappa shape index (κ1) is 11.2. The van der Waals surface area contributed by atoms with Gasteiger partial charge in [-0.15, -0.1) is 0 Å². The molecule has 0 amide bonds. The zero-order valence-electron chi connectivity index (χ0n) is 11.0. The van der Waals surface area contributed by atoms with Crippen LogP contribution in [0.3, 0.4) is 0 Å². The maximum Gasteiger partial charge on any atom is 0.201 e. The van der Waals surface area contributed by atoms with Crippen molar-refractivity contribution < 1.29 is 4.42 Å². The third-order valence-electron chi connectivity index (χ3n) is 3.72. The molecular weight excluding hydrogens is 248 g/mol. The maximum absolute atomic E-state index is 12.7. The fourth-order valence-electron chi connectivity index (χ4n) is 2.74. The zero-order chi connectivity index (χ0) is 13.7. The van der Waals surface area contributed by atoms with Crippen molar-refractivity contribution in [3.05, 3.63) is 70.4 Å². The normalized spacial score (nSPS) is 11.4. The molecule has 0 unspecified atom stereocenters. The van der Waals surface area contributed by atoms with Crippen molar-refractivity contribution in [3.8, 4) is 0 Å². The third kappa shape index (κ3) is 1.48. The van der Waals surface area contributed by atoms with Gasteiger partial charge in [0.05, 0.1) is 10.8 Å². The second-order valence-corrected chi connectivity index (χ2v) is 5.09. The van der Waals surface area contributed by atoms with Crippen molar-refractivity contribution in [3.63, 3.8) is 0 Å². The molecule has 0 fully saturated rings. The fraction of sp³-hybridized carbons (Fsp3) is 0.0556. The first-order valence-electron chi connectivity index (χ1n) is 6.59. The van der Waals surface area contributed by atoms with Gasteiger partial charge in [-0.05, 0) is 35.9 Å². The van der Waals surface area contributed by atoms with E-state index in [-0.39, 0.29) is 5.43 Å². The van der Waals surface area contributed by atoms with Crippen LogP contribution in [0.5, 0.6) is 0 Å². The maximum atomic E-state index is 12.7. The van der Waals surface area contributed by atoms with Crippen LogP contribution in [0.25, 0.3) is 32.7 Å². The highest BCUT2D eigenvalue weighted by molar-refractivity contribution is 6.08. The zero-order valence-corrected chi connectivity index (χ0v) is 11.0. The molecule has 20 heavy (non-hydrogen) atoms. The molecule has 1 heterocycles. The van der Waals surface area contributed by atoms with Crippen molar-refractivity contribution in [1.82, 2.24) is 0 Å². The number of hydrogen-bond acceptors (Lipinski definition) is 2. The van der Waals surface area contributed by atoms with Crippen LogP contribution in [-0.4, -0.2) is 0 Å². The monoisotopic (exact) mass is 260 g/mol. The quantitative estimate of drug-likeness (QED) is 0.346. The fourth-order valence-corrected chi connectivity index (χ4v) is 2.74. The van der Waals surface area contributed by atoms with E-state index in [1.807, 2.05) is 55.5 Å². The van der Waals surface area contributed by atoms with Crippen LogP contribution in [0.4, 0.5) is 0 Å². The van der Waals surface area contributed by atoms with Gasteiger partial charge in [-0.1, -0.05) is 42.0 Å². The highest BCUT2D eigenvalue weighted by atomic mass is 16.3. The van der Waals surface area contributed by atoms with Crippen molar-refractivity contribution in [1.29, 1.82) is 0 Å². The topological polar surface area (TPSA) is 30.2 Å². The standard InChI is InChI=1S/C18H12O2/c1-11-6-8-13-12(10-11)7-9-16-17(13)18(19)14-4-2-3-5-15(14)20-16/h2-10H,1H3. The van der Waals surface area contributed by atoms with Crippen molar-refractivity contribution in [2.24, 2.45) is 0 Å². The van der Waals surface area contributed by atoms with Gasteiger partial charge >= 0.3 is 0 Å². The Labute approximate surface area is 115 Å². The summed E-state index contributed by atoms with van der Waals surface area (Å²) >= 11 is 0. The van der Waals surface area contributed by atoms with E-state index in [9.17, 15) is 4.79 Å². The number of fused-ring (bicyclic) bond motifs is 4. The molecule has 0 spiro atoms. The Kier molecular flexibility index (Phi) is 2.21. The Hall–Kier alpha value is -2.61. The number of para-hydroxylation sites is 1. The van der Waals surface area contributed by atoms with Crippen LogP contribution in [0, 0.1) is 6.92 Å². The van der Waals surface area contributed by atoms with E-state index in [2.05, 4.69) is 6.07 Å². The van der Waals surface area contributed by atoms with Gasteiger partial charge in [0.15, 0.2) is 0 Å². The van der Waals surface area contributed by atoms with Gasteiger partial charge in [0, 0.05) is 0 Å². The lowest BCUT2D eigenvalue weighted by Crippen LogP contribution is -2.02. The number of rotatable bonds is 0. The van der Waals surface area contributed by atoms with E-state index in [4.69, 9.17) is 4.42 Å². The first-order valence-corrected chi connectivity index (χ1v) is 6.59. The third-order valence-corrected chi connectivity index (χ3v) is 3.72. The molecule has 0 atom stereocenters. The molecule has 1 aromatic heterocycles. The molecule has 4 rings (SSSR count). The molecule has 2 heteroatoms. The molecule has 0 saturated heterocycles. The van der Waals surface area contributed by atoms with Crippen LogP contribution >= 0.6 is 0 Å². The van der Waals surface area contributed by atoms with Crippen LogP contribution in [-0.2, 0) is 0 Å². The summed E-state index contributed by atoms with van der Waals surface area (Å²) in [5.74, 6) is 0. The second kappa shape index (κ2) is 3.94. The molecule has 0 aliphatic heterocycles. The van der Waals surface area contributed by atoms with E-state index in [1.54, 1.807) is 0 Å². The minimum absolute atomic E-state index is 0.0382. The minimum Gasteiger partial charge on any atom is -0.456 e. The Balaban J connectivity index is 2.32. The summed E-state index contributed by atoms with van der Waals surface area (Å²) in [6.07, 6.45) is 0. The molecule has 2 nitrogen and oxygen atoms in total. The van der Waals surface area contributed by atoms with Crippen LogP contribution < -0.4 is 5.43 Å². The lowest BCUT2D eigenvalue weighted by molar-refractivity contribution is 0.660.